The summed E-state index contributed by atoms with van der Waals surface area (Å²) < 4.78 is 0. The van der Waals surface area contributed by atoms with E-state index in [0.29, 0.717) is 0 Å². The van der Waals surface area contributed by atoms with E-state index < -0.39 is 6.10 Å². The number of aliphatic hydroxyl groups is 2. The van der Waals surface area contributed by atoms with Crippen molar-refractivity contribution >= 4 is 0 Å². The maximum atomic E-state index is 9.51. The third-order valence-corrected chi connectivity index (χ3v) is 5.61. The predicted octanol–water partition coefficient (Wildman–Crippen LogP) is 7.02. The molecule has 0 fully saturated rings. The zero-order chi connectivity index (χ0) is 18.6. The number of aliphatic hydroxyl groups excluding tert-OH is 2. The molecule has 0 bridgehead atoms. The van der Waals surface area contributed by atoms with Gasteiger partial charge in [-0.1, -0.05) is 123 Å². The fourth-order valence-corrected chi connectivity index (χ4v) is 3.56. The molecular weight excluding hydrogens is 308 g/mol. The molecule has 152 valence electrons. The Morgan fingerprint density at radius 3 is 1.20 bits per heavy atom. The molecule has 0 amide bonds. The van der Waals surface area contributed by atoms with Gasteiger partial charge in [0.15, 0.2) is 0 Å². The van der Waals surface area contributed by atoms with Crippen LogP contribution in [0.5, 0.6) is 0 Å². The van der Waals surface area contributed by atoms with Gasteiger partial charge < -0.3 is 10.2 Å². The van der Waals surface area contributed by atoms with E-state index in [1.54, 1.807) is 0 Å². The second kappa shape index (κ2) is 20.2. The normalized spacial score (nSPS) is 13.9. The highest BCUT2D eigenvalue weighted by molar-refractivity contribution is 4.63. The van der Waals surface area contributed by atoms with Crippen molar-refractivity contribution in [3.05, 3.63) is 0 Å². The lowest BCUT2D eigenvalue weighted by Crippen LogP contribution is -2.21. The Hall–Kier alpha value is -0.0800. The zero-order valence-electron chi connectivity index (χ0n) is 17.5. The van der Waals surface area contributed by atoms with E-state index in [1.165, 1.54) is 109 Å². The molecule has 0 heterocycles. The van der Waals surface area contributed by atoms with E-state index in [9.17, 15) is 5.11 Å². The Bertz CT molecular complexity index is 242. The predicted molar refractivity (Wildman–Crippen MR) is 111 cm³/mol. The molecule has 0 aromatic heterocycles. The first kappa shape index (κ1) is 24.9. The fraction of sp³-hybridized carbons (Fsp3) is 1.00. The van der Waals surface area contributed by atoms with Crippen molar-refractivity contribution in [2.75, 3.05) is 6.61 Å². The highest BCUT2D eigenvalue weighted by atomic mass is 16.3. The summed E-state index contributed by atoms with van der Waals surface area (Å²) in [5.74, 6) is 0.237. The van der Waals surface area contributed by atoms with Crippen LogP contribution >= 0.6 is 0 Å². The van der Waals surface area contributed by atoms with Gasteiger partial charge in [0.1, 0.15) is 0 Å². The van der Waals surface area contributed by atoms with Crippen molar-refractivity contribution in [2.24, 2.45) is 5.92 Å². The third kappa shape index (κ3) is 18.5. The Morgan fingerprint density at radius 2 is 0.880 bits per heavy atom. The lowest BCUT2D eigenvalue weighted by atomic mass is 9.97. The fourth-order valence-electron chi connectivity index (χ4n) is 3.56. The molecule has 0 aliphatic heterocycles. The Labute approximate surface area is 158 Å². The molecule has 0 saturated carbocycles. The molecule has 2 unspecified atom stereocenters. The molecule has 0 saturated heterocycles. The van der Waals surface area contributed by atoms with Crippen LogP contribution in [0.4, 0.5) is 0 Å². The van der Waals surface area contributed by atoms with Crippen LogP contribution in [0.1, 0.15) is 129 Å². The molecule has 0 spiro atoms. The lowest BCUT2D eigenvalue weighted by molar-refractivity contribution is 0.0495. The van der Waals surface area contributed by atoms with Gasteiger partial charge in [0, 0.05) is 0 Å². The first-order valence-electron chi connectivity index (χ1n) is 11.5. The minimum atomic E-state index is -0.527. The van der Waals surface area contributed by atoms with E-state index in [2.05, 4.69) is 6.92 Å². The molecule has 0 radical (unpaired) electrons. The first-order chi connectivity index (χ1) is 12.2. The summed E-state index contributed by atoms with van der Waals surface area (Å²) in [7, 11) is 0. The van der Waals surface area contributed by atoms with Gasteiger partial charge in [-0.05, 0) is 12.3 Å². The lowest BCUT2D eigenvalue weighted by Gasteiger charge is -2.15. The Kier molecular flexibility index (Phi) is 20.2. The van der Waals surface area contributed by atoms with Crippen molar-refractivity contribution < 1.29 is 10.2 Å². The van der Waals surface area contributed by atoms with Gasteiger partial charge >= 0.3 is 0 Å². The third-order valence-electron chi connectivity index (χ3n) is 5.61. The van der Waals surface area contributed by atoms with Gasteiger partial charge in [-0.25, -0.2) is 0 Å². The molecule has 0 aromatic rings. The van der Waals surface area contributed by atoms with E-state index in [1.807, 2.05) is 6.92 Å². The summed E-state index contributed by atoms with van der Waals surface area (Å²) in [6, 6.07) is 0. The summed E-state index contributed by atoms with van der Waals surface area (Å²) in [5, 5.41) is 18.4. The maximum Gasteiger partial charge on any atom is 0.0796 e. The average molecular weight is 357 g/mol. The van der Waals surface area contributed by atoms with Crippen molar-refractivity contribution in [2.45, 2.75) is 136 Å². The minimum Gasteiger partial charge on any atom is -0.394 e. The summed E-state index contributed by atoms with van der Waals surface area (Å²) in [6.45, 7) is 4.22. The highest BCUT2D eigenvalue weighted by Gasteiger charge is 2.11. The van der Waals surface area contributed by atoms with Crippen molar-refractivity contribution in [1.82, 2.24) is 0 Å². The molecule has 2 heteroatoms. The van der Waals surface area contributed by atoms with E-state index in [0.717, 1.165) is 6.42 Å². The summed E-state index contributed by atoms with van der Waals surface area (Å²) in [5.41, 5.74) is 0. The molecule has 2 N–H and O–H groups in total. The van der Waals surface area contributed by atoms with E-state index >= 15 is 0 Å². The van der Waals surface area contributed by atoms with Crippen LogP contribution in [-0.4, -0.2) is 22.9 Å². The van der Waals surface area contributed by atoms with Crippen molar-refractivity contribution in [3.8, 4) is 0 Å². The van der Waals surface area contributed by atoms with Crippen LogP contribution in [0, 0.1) is 5.92 Å². The monoisotopic (exact) mass is 356 g/mol. The van der Waals surface area contributed by atoms with Gasteiger partial charge in [0.2, 0.25) is 0 Å². The zero-order valence-corrected chi connectivity index (χ0v) is 17.5. The Balaban J connectivity index is 3.07. The van der Waals surface area contributed by atoms with E-state index in [-0.39, 0.29) is 12.5 Å². The van der Waals surface area contributed by atoms with Crippen LogP contribution in [0.2, 0.25) is 0 Å². The smallest absolute Gasteiger partial charge is 0.0796 e. The average Bonchev–Trinajstić information content (AvgIpc) is 2.63. The molecule has 25 heavy (non-hydrogen) atoms. The van der Waals surface area contributed by atoms with Gasteiger partial charge in [-0.2, -0.15) is 0 Å². The van der Waals surface area contributed by atoms with Crippen LogP contribution in [-0.2, 0) is 0 Å². The van der Waals surface area contributed by atoms with E-state index in [4.69, 9.17) is 5.11 Å². The molecule has 0 aliphatic carbocycles. The van der Waals surface area contributed by atoms with Gasteiger partial charge in [0.05, 0.1) is 12.7 Å². The van der Waals surface area contributed by atoms with Gasteiger partial charge in [0.25, 0.3) is 0 Å². The number of hydrogen-bond acceptors (Lipinski definition) is 2. The van der Waals surface area contributed by atoms with Crippen molar-refractivity contribution in [1.29, 1.82) is 0 Å². The second-order valence-corrected chi connectivity index (χ2v) is 8.17. The SMILES string of the molecule is CCCCCCCCCCCCCCCCCCCC(C)C(O)CO. The number of rotatable bonds is 20. The minimum absolute atomic E-state index is 0.0971. The molecular formula is C23H48O2. The molecule has 0 aliphatic rings. The largest absolute Gasteiger partial charge is 0.394 e. The van der Waals surface area contributed by atoms with Crippen LogP contribution in [0.3, 0.4) is 0 Å². The Morgan fingerprint density at radius 1 is 0.560 bits per heavy atom. The summed E-state index contributed by atoms with van der Waals surface area (Å²) in [6.07, 6.45) is 24.3. The van der Waals surface area contributed by atoms with Gasteiger partial charge in [-0.15, -0.1) is 0 Å². The topological polar surface area (TPSA) is 40.5 Å². The molecule has 0 aromatic carbocycles. The molecule has 2 atom stereocenters. The number of hydrogen-bond donors (Lipinski definition) is 2. The first-order valence-corrected chi connectivity index (χ1v) is 11.5. The quantitative estimate of drug-likeness (QED) is 0.230. The summed E-state index contributed by atoms with van der Waals surface area (Å²) in [4.78, 5) is 0. The molecule has 0 rings (SSSR count). The van der Waals surface area contributed by atoms with Crippen LogP contribution in [0.25, 0.3) is 0 Å². The highest BCUT2D eigenvalue weighted by Crippen LogP contribution is 2.16. The maximum absolute atomic E-state index is 9.51. The summed E-state index contributed by atoms with van der Waals surface area (Å²) >= 11 is 0. The standard InChI is InChI=1S/C23H48O2/c1-3-4-5-6-7-8-9-10-11-12-13-14-15-16-17-18-19-20-22(2)23(25)21-24/h22-25H,3-21H2,1-2H3. The van der Waals surface area contributed by atoms with Crippen molar-refractivity contribution in [3.63, 3.8) is 0 Å². The second-order valence-electron chi connectivity index (χ2n) is 8.17. The van der Waals surface area contributed by atoms with Crippen LogP contribution in [0.15, 0.2) is 0 Å². The molecule has 2 nitrogen and oxygen atoms in total. The number of unbranched alkanes of at least 4 members (excludes halogenated alkanes) is 16. The van der Waals surface area contributed by atoms with Gasteiger partial charge in [-0.3, -0.25) is 0 Å². The van der Waals surface area contributed by atoms with Crippen LogP contribution < -0.4 is 0 Å².